The van der Waals surface area contributed by atoms with Gasteiger partial charge in [0.2, 0.25) is 0 Å². The van der Waals surface area contributed by atoms with Crippen LogP contribution in [-0.4, -0.2) is 24.5 Å². The van der Waals surface area contributed by atoms with Crippen LogP contribution in [0.1, 0.15) is 56.7 Å². The lowest BCUT2D eigenvalue weighted by atomic mass is 9.69. The molecular formula is C26H33F3N2. The quantitative estimate of drug-likeness (QED) is 0.412. The van der Waals surface area contributed by atoms with E-state index in [1.807, 2.05) is 32.0 Å². The molecule has 0 aliphatic heterocycles. The van der Waals surface area contributed by atoms with Crippen LogP contribution in [0.2, 0.25) is 0 Å². The number of rotatable bonds is 10. The fraction of sp³-hybridized carbons (Fsp3) is 0.500. The van der Waals surface area contributed by atoms with Gasteiger partial charge in [0.15, 0.2) is 0 Å². The summed E-state index contributed by atoms with van der Waals surface area (Å²) < 4.78 is 38.9. The first-order valence-corrected chi connectivity index (χ1v) is 11.0. The monoisotopic (exact) mass is 430 g/mol. The Hall–Kier alpha value is -2.32. The molecule has 0 heterocycles. The Morgan fingerprint density at radius 3 is 2.03 bits per heavy atom. The van der Waals surface area contributed by atoms with E-state index >= 15 is 0 Å². The summed E-state index contributed by atoms with van der Waals surface area (Å²) in [4.78, 5) is 2.34. The fourth-order valence-electron chi connectivity index (χ4n) is 4.24. The Morgan fingerprint density at radius 2 is 1.55 bits per heavy atom. The Kier molecular flexibility index (Phi) is 8.70. The summed E-state index contributed by atoms with van der Waals surface area (Å²) in [7, 11) is 2.11. The number of nitrogens with zero attached hydrogens (tertiary/aromatic N) is 2. The Bertz CT molecular complexity index is 838. The van der Waals surface area contributed by atoms with Gasteiger partial charge in [0.1, 0.15) is 0 Å². The van der Waals surface area contributed by atoms with E-state index < -0.39 is 17.2 Å². The first kappa shape index (κ1) is 24.9. The van der Waals surface area contributed by atoms with Crippen molar-refractivity contribution in [1.82, 2.24) is 4.90 Å². The normalized spacial score (nSPS) is 15.0. The lowest BCUT2D eigenvalue weighted by Crippen LogP contribution is -2.37. The third-order valence-corrected chi connectivity index (χ3v) is 6.47. The third kappa shape index (κ3) is 6.33. The molecule has 2 atom stereocenters. The van der Waals surface area contributed by atoms with Gasteiger partial charge >= 0.3 is 6.18 Å². The van der Waals surface area contributed by atoms with Crippen LogP contribution in [-0.2, 0) is 18.0 Å². The number of nitriles is 1. The minimum atomic E-state index is -4.37. The molecule has 2 nitrogen and oxygen atoms in total. The maximum atomic E-state index is 13.0. The third-order valence-electron chi connectivity index (χ3n) is 6.47. The highest BCUT2D eigenvalue weighted by molar-refractivity contribution is 5.36. The van der Waals surface area contributed by atoms with Crippen molar-refractivity contribution in [2.24, 2.45) is 5.92 Å². The van der Waals surface area contributed by atoms with Gasteiger partial charge in [0.25, 0.3) is 0 Å². The first-order valence-electron chi connectivity index (χ1n) is 11.0. The topological polar surface area (TPSA) is 27.0 Å². The van der Waals surface area contributed by atoms with Gasteiger partial charge in [-0.05, 0) is 61.9 Å². The van der Waals surface area contributed by atoms with E-state index in [0.717, 1.165) is 37.9 Å². The summed E-state index contributed by atoms with van der Waals surface area (Å²) >= 11 is 0. The van der Waals surface area contributed by atoms with Crippen LogP contribution >= 0.6 is 0 Å². The number of benzene rings is 2. The molecule has 2 aromatic rings. The molecule has 0 saturated carbocycles. The second-order valence-electron chi connectivity index (χ2n) is 8.63. The van der Waals surface area contributed by atoms with E-state index in [1.165, 1.54) is 17.7 Å². The summed E-state index contributed by atoms with van der Waals surface area (Å²) in [6.45, 7) is 7.01. The Labute approximate surface area is 184 Å². The Balaban J connectivity index is 2.13. The van der Waals surface area contributed by atoms with Gasteiger partial charge in [-0.15, -0.1) is 0 Å². The largest absolute Gasteiger partial charge is 0.416 e. The zero-order chi connectivity index (χ0) is 23.1. The molecule has 168 valence electrons. The van der Waals surface area contributed by atoms with Gasteiger partial charge in [-0.3, -0.25) is 0 Å². The predicted molar refractivity (Wildman–Crippen MR) is 120 cm³/mol. The van der Waals surface area contributed by atoms with Crippen molar-refractivity contribution >= 4 is 0 Å². The van der Waals surface area contributed by atoms with Gasteiger partial charge in [0, 0.05) is 12.6 Å². The van der Waals surface area contributed by atoms with Crippen molar-refractivity contribution in [2.45, 2.75) is 64.1 Å². The van der Waals surface area contributed by atoms with E-state index in [2.05, 4.69) is 37.1 Å². The van der Waals surface area contributed by atoms with Gasteiger partial charge in [-0.2, -0.15) is 18.4 Å². The molecule has 2 unspecified atom stereocenters. The van der Waals surface area contributed by atoms with Crippen molar-refractivity contribution in [2.75, 3.05) is 13.6 Å². The molecule has 0 radical (unpaired) electrons. The fourth-order valence-corrected chi connectivity index (χ4v) is 4.24. The molecule has 0 fully saturated rings. The summed E-state index contributed by atoms with van der Waals surface area (Å²) in [6, 6.07) is 18.3. The molecule has 0 aliphatic carbocycles. The van der Waals surface area contributed by atoms with Gasteiger partial charge in [-0.25, -0.2) is 0 Å². The van der Waals surface area contributed by atoms with Crippen LogP contribution in [0, 0.1) is 17.2 Å². The predicted octanol–water partition coefficient (Wildman–Crippen LogP) is 6.86. The molecule has 0 aliphatic rings. The van der Waals surface area contributed by atoms with Crippen molar-refractivity contribution in [3.63, 3.8) is 0 Å². The van der Waals surface area contributed by atoms with Crippen molar-refractivity contribution < 1.29 is 13.2 Å². The van der Waals surface area contributed by atoms with E-state index in [0.29, 0.717) is 18.0 Å². The SMILES string of the molecule is CCC(CCC(C#N)(c1ccc(C(F)(F)F)cc1)C(C)C)N(C)CCc1ccccc1. The maximum Gasteiger partial charge on any atom is 0.416 e. The summed E-state index contributed by atoms with van der Waals surface area (Å²) in [5.74, 6) is -0.0126. The smallest absolute Gasteiger partial charge is 0.303 e. The van der Waals surface area contributed by atoms with Crippen molar-refractivity contribution in [3.8, 4) is 6.07 Å². The van der Waals surface area contributed by atoms with Crippen LogP contribution in [0.3, 0.4) is 0 Å². The van der Waals surface area contributed by atoms with Crippen LogP contribution in [0.4, 0.5) is 13.2 Å². The van der Waals surface area contributed by atoms with E-state index in [1.54, 1.807) is 0 Å². The molecular weight excluding hydrogens is 397 g/mol. The van der Waals surface area contributed by atoms with E-state index in [-0.39, 0.29) is 5.92 Å². The molecule has 0 spiro atoms. The molecule has 2 rings (SSSR count). The minimum Gasteiger partial charge on any atom is -0.303 e. The molecule has 0 N–H and O–H groups in total. The summed E-state index contributed by atoms with van der Waals surface area (Å²) in [5, 5.41) is 10.1. The minimum absolute atomic E-state index is 0.0126. The highest BCUT2D eigenvalue weighted by atomic mass is 19.4. The Morgan fingerprint density at radius 1 is 0.968 bits per heavy atom. The standard InChI is InChI=1S/C26H33F3N2/c1-5-24(31(4)18-16-21-9-7-6-8-10-21)15-17-25(19-30,20(2)3)22-11-13-23(14-12-22)26(27,28)29/h6-14,20,24H,5,15-18H2,1-4H3. The molecule has 31 heavy (non-hydrogen) atoms. The van der Waals surface area contributed by atoms with Gasteiger partial charge in [0.05, 0.1) is 17.0 Å². The maximum absolute atomic E-state index is 13.0. The van der Waals surface area contributed by atoms with Crippen LogP contribution in [0.5, 0.6) is 0 Å². The average Bonchev–Trinajstić information content (AvgIpc) is 2.75. The highest BCUT2D eigenvalue weighted by Gasteiger charge is 2.38. The van der Waals surface area contributed by atoms with Crippen LogP contribution < -0.4 is 0 Å². The van der Waals surface area contributed by atoms with Crippen molar-refractivity contribution in [1.29, 1.82) is 5.26 Å². The second kappa shape index (κ2) is 10.8. The van der Waals surface area contributed by atoms with Gasteiger partial charge < -0.3 is 4.90 Å². The number of hydrogen-bond donors (Lipinski definition) is 0. The number of alkyl halides is 3. The molecule has 0 bridgehead atoms. The molecule has 2 aromatic carbocycles. The number of halogens is 3. The first-order chi connectivity index (χ1) is 14.6. The number of hydrogen-bond acceptors (Lipinski definition) is 2. The van der Waals surface area contributed by atoms with Gasteiger partial charge in [-0.1, -0.05) is 63.2 Å². The summed E-state index contributed by atoms with van der Waals surface area (Å²) in [5.41, 5.74) is 0.471. The average molecular weight is 431 g/mol. The summed E-state index contributed by atoms with van der Waals surface area (Å²) in [6.07, 6.45) is -1.03. The van der Waals surface area contributed by atoms with E-state index in [4.69, 9.17) is 0 Å². The van der Waals surface area contributed by atoms with Crippen molar-refractivity contribution in [3.05, 3.63) is 71.3 Å². The zero-order valence-electron chi connectivity index (χ0n) is 18.9. The second-order valence-corrected chi connectivity index (χ2v) is 8.63. The molecule has 0 saturated heterocycles. The van der Waals surface area contributed by atoms with E-state index in [9.17, 15) is 18.4 Å². The molecule has 5 heteroatoms. The number of likely N-dealkylation sites (N-methyl/N-ethyl adjacent to an activating group) is 1. The lowest BCUT2D eigenvalue weighted by molar-refractivity contribution is -0.137. The van der Waals surface area contributed by atoms with Crippen LogP contribution in [0.15, 0.2) is 54.6 Å². The zero-order valence-corrected chi connectivity index (χ0v) is 18.9. The highest BCUT2D eigenvalue weighted by Crippen LogP contribution is 2.39. The van der Waals surface area contributed by atoms with Crippen LogP contribution in [0.25, 0.3) is 0 Å². The molecule has 0 aromatic heterocycles. The lowest BCUT2D eigenvalue weighted by Gasteiger charge is -2.35. The molecule has 0 amide bonds.